The quantitative estimate of drug-likeness (QED) is 0.113. The maximum absolute atomic E-state index is 11.6. The van der Waals surface area contributed by atoms with Crippen LogP contribution in [-0.2, 0) is 28.5 Å². The number of rotatable bonds is 19. The number of imidazole rings is 1. The third-order valence-corrected chi connectivity index (χ3v) is 9.30. The molecule has 50 heavy (non-hydrogen) atoms. The number of hydrogen-bond acceptors (Lipinski definition) is 13. The van der Waals surface area contributed by atoms with Crippen molar-refractivity contribution in [3.8, 4) is 17.2 Å². The molecule has 0 amide bonds. The highest BCUT2D eigenvalue weighted by Crippen LogP contribution is 2.47. The number of benzene rings is 1. The number of carbonyl (C=O) groups excluding carboxylic acids is 1. The van der Waals surface area contributed by atoms with Gasteiger partial charge < -0.3 is 43.6 Å². The zero-order valence-corrected chi connectivity index (χ0v) is 30.4. The molecule has 2 aliphatic rings. The van der Waals surface area contributed by atoms with Crippen molar-refractivity contribution < 1.29 is 42.7 Å². The van der Waals surface area contributed by atoms with Gasteiger partial charge in [0.1, 0.15) is 30.2 Å². The summed E-state index contributed by atoms with van der Waals surface area (Å²) in [7, 11) is 4.78. The fraction of sp³-hybridized carbons (Fsp3) is 0.667. The van der Waals surface area contributed by atoms with Crippen molar-refractivity contribution in [2.45, 2.75) is 128 Å². The van der Waals surface area contributed by atoms with Crippen molar-refractivity contribution in [3.05, 3.63) is 30.4 Å². The number of nitrogen functional groups attached to an aromatic ring is 1. The molecule has 0 radical (unpaired) electrons. The van der Waals surface area contributed by atoms with Gasteiger partial charge in [0.05, 0.1) is 46.5 Å². The van der Waals surface area contributed by atoms with E-state index in [0.717, 1.165) is 56.9 Å². The van der Waals surface area contributed by atoms with Gasteiger partial charge in [0.15, 0.2) is 35.0 Å². The largest absolute Gasteiger partial charge is 0.493 e. The summed E-state index contributed by atoms with van der Waals surface area (Å²) in [6.07, 6.45) is 8.82. The van der Waals surface area contributed by atoms with Gasteiger partial charge in [-0.2, -0.15) is 0 Å². The van der Waals surface area contributed by atoms with E-state index in [2.05, 4.69) is 15.0 Å². The number of nitrogens with two attached hydrogens (primary N) is 1. The normalized spacial score (nSPS) is 22.3. The highest BCUT2D eigenvalue weighted by Gasteiger charge is 2.58. The molecule has 0 spiro atoms. The fourth-order valence-corrected chi connectivity index (χ4v) is 6.91. The van der Waals surface area contributed by atoms with Crippen LogP contribution >= 0.6 is 0 Å². The van der Waals surface area contributed by atoms with Crippen molar-refractivity contribution in [2.75, 3.05) is 33.7 Å². The lowest BCUT2D eigenvalue weighted by atomic mass is 9.98. The fourth-order valence-electron chi connectivity index (χ4n) is 6.91. The van der Waals surface area contributed by atoms with E-state index in [-0.39, 0.29) is 18.2 Å². The van der Waals surface area contributed by atoms with E-state index in [1.54, 1.807) is 27.7 Å². The van der Waals surface area contributed by atoms with Crippen molar-refractivity contribution in [2.24, 2.45) is 0 Å². The highest BCUT2D eigenvalue weighted by molar-refractivity contribution is 5.81. The summed E-state index contributed by atoms with van der Waals surface area (Å²) in [6.45, 7) is 8.09. The Kier molecular flexibility index (Phi) is 12.8. The molecule has 3 aromatic rings. The lowest BCUT2D eigenvalue weighted by Crippen LogP contribution is -2.40. The van der Waals surface area contributed by atoms with Crippen LogP contribution in [0.4, 0.5) is 5.82 Å². The molecule has 2 aliphatic heterocycles. The minimum absolute atomic E-state index is 0.114. The topological polar surface area (TPSA) is 161 Å². The van der Waals surface area contributed by atoms with E-state index in [1.165, 1.54) is 6.33 Å². The van der Waals surface area contributed by atoms with Gasteiger partial charge in [-0.1, -0.05) is 38.5 Å². The summed E-state index contributed by atoms with van der Waals surface area (Å²) in [5, 5.41) is 0. The third kappa shape index (κ3) is 8.59. The first-order valence-corrected chi connectivity index (χ1v) is 17.7. The van der Waals surface area contributed by atoms with Crippen molar-refractivity contribution >= 4 is 23.0 Å². The van der Waals surface area contributed by atoms with Crippen LogP contribution in [0.1, 0.15) is 103 Å². The Labute approximate surface area is 294 Å². The van der Waals surface area contributed by atoms with E-state index in [0.29, 0.717) is 47.3 Å². The van der Waals surface area contributed by atoms with Crippen LogP contribution in [0.5, 0.6) is 17.2 Å². The van der Waals surface area contributed by atoms with Crippen LogP contribution in [0.25, 0.3) is 11.2 Å². The summed E-state index contributed by atoms with van der Waals surface area (Å²) >= 11 is 0. The average Bonchev–Trinajstić information content (AvgIpc) is 3.77. The van der Waals surface area contributed by atoms with Crippen molar-refractivity contribution in [3.63, 3.8) is 0 Å². The van der Waals surface area contributed by atoms with Crippen LogP contribution in [-0.4, -0.2) is 83.6 Å². The molecule has 6 atom stereocenters. The number of esters is 1. The maximum atomic E-state index is 11.6. The first-order chi connectivity index (χ1) is 24.1. The summed E-state index contributed by atoms with van der Waals surface area (Å²) in [6, 6.07) is 3.82. The number of carbonyl (C=O) groups is 1. The molecule has 14 nitrogen and oxygen atoms in total. The number of nitrogens with zero attached hydrogens (tertiary/aromatic N) is 4. The van der Waals surface area contributed by atoms with Gasteiger partial charge in [0, 0.05) is 6.42 Å². The number of fused-ring (bicyclic) bond motifs is 2. The smallest absolute Gasteiger partial charge is 0.305 e. The molecular weight excluding hydrogens is 646 g/mol. The highest BCUT2D eigenvalue weighted by atomic mass is 16.8. The second-order valence-corrected chi connectivity index (χ2v) is 13.2. The zero-order chi connectivity index (χ0) is 35.8. The van der Waals surface area contributed by atoms with E-state index < -0.39 is 30.3 Å². The summed E-state index contributed by atoms with van der Waals surface area (Å²) < 4.78 is 50.4. The van der Waals surface area contributed by atoms with E-state index in [4.69, 9.17) is 43.6 Å². The second-order valence-electron chi connectivity index (χ2n) is 13.2. The number of anilines is 1. The lowest BCUT2D eigenvalue weighted by Gasteiger charge is -2.31. The Balaban J connectivity index is 1.33. The van der Waals surface area contributed by atoms with Gasteiger partial charge in [-0.25, -0.2) is 15.0 Å². The molecule has 5 rings (SSSR count). The molecule has 276 valence electrons. The van der Waals surface area contributed by atoms with Gasteiger partial charge in [0.2, 0.25) is 5.75 Å². The molecule has 4 heterocycles. The maximum Gasteiger partial charge on any atom is 0.305 e. The van der Waals surface area contributed by atoms with Crippen LogP contribution in [0.2, 0.25) is 0 Å². The first kappa shape index (κ1) is 37.5. The van der Waals surface area contributed by atoms with Gasteiger partial charge >= 0.3 is 5.97 Å². The Bertz CT molecular complexity index is 1540. The van der Waals surface area contributed by atoms with Gasteiger partial charge in [0.25, 0.3) is 0 Å². The summed E-state index contributed by atoms with van der Waals surface area (Å²) in [5.74, 6) is 0.968. The predicted molar refractivity (Wildman–Crippen MR) is 185 cm³/mol. The minimum Gasteiger partial charge on any atom is -0.493 e. The van der Waals surface area contributed by atoms with Crippen LogP contribution < -0.4 is 19.9 Å². The molecule has 2 N–H and O–H groups in total. The third-order valence-electron chi connectivity index (χ3n) is 9.30. The standard InChI is InChI=1S/C36H53N5O9/c1-8-46-27(42)17-15-13-11-9-10-12-14-16-24(47-22(2)23-18-25(43-5)29(45-7)26(19-23)44-6)30-31-32(50-36(3,4)49-31)35(48-30)41-21-40-28-33(37)38-20-39-34(28)41/h18-22,24,30-32,35H,8-17H2,1-7H3,(H2,37,38,39)/t22?,24?,30-,31-,32-,35-/m1/s1. The number of aromatic nitrogens is 4. The van der Waals surface area contributed by atoms with Crippen molar-refractivity contribution in [1.82, 2.24) is 19.5 Å². The van der Waals surface area contributed by atoms with Crippen molar-refractivity contribution in [1.29, 1.82) is 0 Å². The van der Waals surface area contributed by atoms with E-state index in [1.807, 2.05) is 44.4 Å². The molecule has 0 saturated carbocycles. The molecule has 2 unspecified atom stereocenters. The Morgan fingerprint density at radius 3 is 2.26 bits per heavy atom. The van der Waals surface area contributed by atoms with Gasteiger partial charge in [-0.3, -0.25) is 9.36 Å². The second kappa shape index (κ2) is 17.0. The van der Waals surface area contributed by atoms with Crippen LogP contribution in [0, 0.1) is 0 Å². The molecule has 2 aromatic heterocycles. The lowest BCUT2D eigenvalue weighted by molar-refractivity contribution is -0.214. The number of hydrogen-bond donors (Lipinski definition) is 1. The molecule has 1 aromatic carbocycles. The molecule has 2 fully saturated rings. The molecule has 2 saturated heterocycles. The Morgan fingerprint density at radius 2 is 1.60 bits per heavy atom. The predicted octanol–water partition coefficient (Wildman–Crippen LogP) is 6.07. The van der Waals surface area contributed by atoms with Crippen LogP contribution in [0.15, 0.2) is 24.8 Å². The molecular formula is C36H53N5O9. The van der Waals surface area contributed by atoms with Gasteiger partial charge in [-0.05, 0) is 58.2 Å². The van der Waals surface area contributed by atoms with Gasteiger partial charge in [-0.15, -0.1) is 0 Å². The average molecular weight is 700 g/mol. The summed E-state index contributed by atoms with van der Waals surface area (Å²) in [4.78, 5) is 24.6. The number of ether oxygens (including phenoxy) is 8. The summed E-state index contributed by atoms with van der Waals surface area (Å²) in [5.41, 5.74) is 8.04. The number of unbranched alkanes of at least 4 members (excludes halogenated alkanes) is 6. The Hall–Kier alpha value is -3.72. The molecule has 0 aliphatic carbocycles. The Morgan fingerprint density at radius 1 is 0.940 bits per heavy atom. The first-order valence-electron chi connectivity index (χ1n) is 17.7. The molecule has 0 bridgehead atoms. The van der Waals surface area contributed by atoms with E-state index in [9.17, 15) is 4.79 Å². The molecule has 14 heteroatoms. The SMILES string of the molecule is CCOC(=O)CCCCCCCCCC(OC(C)c1cc(OC)c(OC)c(OC)c1)[C@H]1O[C@@H](n2cnc3c(N)ncnc32)[C@@H]2OC(C)(C)O[C@@H]21. The monoisotopic (exact) mass is 699 g/mol. The van der Waals surface area contributed by atoms with E-state index >= 15 is 0 Å². The number of methoxy groups -OCH3 is 3. The zero-order valence-electron chi connectivity index (χ0n) is 30.4. The minimum atomic E-state index is -0.833. The van der Waals surface area contributed by atoms with Crippen LogP contribution in [0.3, 0.4) is 0 Å².